The zero-order chi connectivity index (χ0) is 20.0. The molecule has 1 aliphatic heterocycles. The van der Waals surface area contributed by atoms with Crippen LogP contribution in [0.15, 0.2) is 10.5 Å². The Balaban J connectivity index is 0.00000392. The van der Waals surface area contributed by atoms with E-state index in [0.29, 0.717) is 10.8 Å². The van der Waals surface area contributed by atoms with Gasteiger partial charge in [-0.1, -0.05) is 5.16 Å². The standard InChI is InChI=1S/C11H14N6O7S3.Na/c12-11-14-5(3-26-11)2-24-13-1-6(18)15-8-9(20)16-10(8)25-4-7(19)17-27(21,22)23;/h1,3,8,10H,2,4H2,(H2,12,14)(H,15,18)(H,16,20)(H,17,19)(H,21,22,23);/q;+1/p-1/t8-,10+;/m1./s1. The second kappa shape index (κ2) is 10.9. The zero-order valence-corrected chi connectivity index (χ0v) is 18.7. The number of nitrogens with two attached hydrogens (primary N) is 1. The molecule has 13 nitrogen and oxygen atoms in total. The summed E-state index contributed by atoms with van der Waals surface area (Å²) in [6, 6.07) is -0.955. The Labute approximate surface area is 189 Å². The van der Waals surface area contributed by atoms with E-state index in [9.17, 15) is 27.4 Å². The first-order chi connectivity index (χ1) is 12.6. The van der Waals surface area contributed by atoms with Crippen LogP contribution in [0.5, 0.6) is 0 Å². The summed E-state index contributed by atoms with van der Waals surface area (Å²) in [5.74, 6) is -2.67. The van der Waals surface area contributed by atoms with Crippen LogP contribution in [-0.4, -0.2) is 59.1 Å². The summed E-state index contributed by atoms with van der Waals surface area (Å²) < 4.78 is 32.4. The third kappa shape index (κ3) is 8.29. The number of anilines is 1. The Hall–Kier alpha value is -1.43. The Kier molecular flexibility index (Phi) is 9.61. The van der Waals surface area contributed by atoms with Gasteiger partial charge < -0.3 is 25.8 Å². The van der Waals surface area contributed by atoms with Gasteiger partial charge in [0.1, 0.15) is 17.6 Å². The average Bonchev–Trinajstić information content (AvgIpc) is 2.97. The molecule has 148 valence electrons. The Bertz CT molecular complexity index is 861. The number of β-lactam (4-membered cyclic amide) rings is 1. The summed E-state index contributed by atoms with van der Waals surface area (Å²) >= 11 is 2.06. The number of nitrogen functional groups attached to an aromatic ring is 1. The molecule has 0 saturated carbocycles. The van der Waals surface area contributed by atoms with Crippen molar-refractivity contribution in [3.8, 4) is 0 Å². The van der Waals surface area contributed by atoms with E-state index in [1.165, 1.54) is 16.1 Å². The minimum atomic E-state index is -4.90. The predicted molar refractivity (Wildman–Crippen MR) is 94.0 cm³/mol. The molecule has 17 heteroatoms. The second-order valence-electron chi connectivity index (χ2n) is 4.89. The minimum absolute atomic E-state index is 0. The van der Waals surface area contributed by atoms with Crippen LogP contribution in [0.25, 0.3) is 0 Å². The van der Waals surface area contributed by atoms with Gasteiger partial charge in [-0.15, -0.1) is 23.1 Å². The molecule has 0 spiro atoms. The molecule has 1 aromatic rings. The van der Waals surface area contributed by atoms with Gasteiger partial charge in [-0.25, -0.2) is 13.4 Å². The van der Waals surface area contributed by atoms with Crippen molar-refractivity contribution in [1.29, 1.82) is 0 Å². The van der Waals surface area contributed by atoms with E-state index in [1.807, 2.05) is 0 Å². The van der Waals surface area contributed by atoms with Gasteiger partial charge in [0.15, 0.2) is 22.0 Å². The Morgan fingerprint density at radius 3 is 2.82 bits per heavy atom. The summed E-state index contributed by atoms with van der Waals surface area (Å²) in [5.41, 5.74) is 5.99. The number of carbonyl (C=O) groups is 3. The van der Waals surface area contributed by atoms with E-state index in [0.717, 1.165) is 18.0 Å². The van der Waals surface area contributed by atoms with E-state index < -0.39 is 45.2 Å². The van der Waals surface area contributed by atoms with Crippen molar-refractivity contribution in [1.82, 2.24) is 20.3 Å². The third-order valence-corrected chi connectivity index (χ3v) is 5.21. The minimum Gasteiger partial charge on any atom is -0.731 e. The van der Waals surface area contributed by atoms with Gasteiger partial charge in [0.25, 0.3) is 5.91 Å². The van der Waals surface area contributed by atoms with E-state index in [2.05, 4.69) is 20.8 Å². The van der Waals surface area contributed by atoms with Crippen LogP contribution in [0.4, 0.5) is 5.13 Å². The molecule has 3 amide bonds. The van der Waals surface area contributed by atoms with Crippen LogP contribution in [-0.2, 0) is 36.1 Å². The fourth-order valence-corrected chi connectivity index (χ4v) is 3.71. The Morgan fingerprint density at radius 2 is 2.25 bits per heavy atom. The van der Waals surface area contributed by atoms with Crippen molar-refractivity contribution in [2.45, 2.75) is 18.0 Å². The van der Waals surface area contributed by atoms with Crippen LogP contribution in [0, 0.1) is 0 Å². The van der Waals surface area contributed by atoms with Crippen molar-refractivity contribution < 1.29 is 61.7 Å². The Morgan fingerprint density at radius 1 is 1.54 bits per heavy atom. The van der Waals surface area contributed by atoms with Crippen molar-refractivity contribution in [2.75, 3.05) is 11.5 Å². The number of amides is 3. The number of nitrogens with zero attached hydrogens (tertiary/aromatic N) is 2. The number of carbonyl (C=O) groups excluding carboxylic acids is 3. The van der Waals surface area contributed by atoms with Crippen molar-refractivity contribution in [3.63, 3.8) is 0 Å². The SMILES string of the molecule is Nc1nc(CON=CC(=O)N[C@@H]2C(=O)N[C@H]2SCC(=O)NS(=O)(=O)[O-])cs1.[Na+]. The number of nitrogens with one attached hydrogen (secondary N) is 3. The summed E-state index contributed by atoms with van der Waals surface area (Å²) in [6.45, 7) is 0.0115. The molecule has 1 fully saturated rings. The van der Waals surface area contributed by atoms with Crippen LogP contribution in [0.1, 0.15) is 5.69 Å². The quantitative estimate of drug-likeness (QED) is 0.0904. The maximum absolute atomic E-state index is 11.7. The van der Waals surface area contributed by atoms with Gasteiger partial charge >= 0.3 is 29.6 Å². The molecule has 5 N–H and O–H groups in total. The number of oxime groups is 1. The molecule has 1 saturated heterocycles. The van der Waals surface area contributed by atoms with Gasteiger partial charge in [0.05, 0.1) is 11.4 Å². The monoisotopic (exact) mass is 460 g/mol. The summed E-state index contributed by atoms with van der Waals surface area (Å²) in [4.78, 5) is 43.2. The molecular weight excluding hydrogens is 447 g/mol. The first kappa shape index (κ1) is 24.6. The van der Waals surface area contributed by atoms with Gasteiger partial charge in [0, 0.05) is 5.38 Å². The average molecular weight is 460 g/mol. The van der Waals surface area contributed by atoms with E-state index in [4.69, 9.17) is 10.6 Å². The first-order valence-electron chi connectivity index (χ1n) is 6.98. The van der Waals surface area contributed by atoms with Gasteiger partial charge in [-0.05, 0) is 0 Å². The molecule has 2 rings (SSSR count). The number of aromatic nitrogens is 1. The van der Waals surface area contributed by atoms with Crippen molar-refractivity contribution >= 4 is 62.5 Å². The molecule has 28 heavy (non-hydrogen) atoms. The normalized spacial score (nSPS) is 18.5. The molecular formula is C11H13N6NaO7S3. The molecule has 2 heterocycles. The van der Waals surface area contributed by atoms with Crippen LogP contribution in [0.3, 0.4) is 0 Å². The maximum Gasteiger partial charge on any atom is 1.00 e. The fourth-order valence-electron chi connectivity index (χ4n) is 1.74. The van der Waals surface area contributed by atoms with Crippen molar-refractivity contribution in [3.05, 3.63) is 11.1 Å². The number of hydrogen-bond donors (Lipinski definition) is 4. The fraction of sp³-hybridized carbons (Fsp3) is 0.364. The molecule has 1 aliphatic rings. The maximum atomic E-state index is 11.7. The smallest absolute Gasteiger partial charge is 0.731 e. The molecule has 0 aliphatic carbocycles. The molecule has 0 radical (unpaired) electrons. The molecule has 2 atom stereocenters. The predicted octanol–water partition coefficient (Wildman–Crippen LogP) is -5.52. The topological polar surface area (TPSA) is 205 Å². The molecule has 0 aromatic carbocycles. The zero-order valence-electron chi connectivity index (χ0n) is 14.3. The third-order valence-electron chi connectivity index (χ3n) is 2.83. The molecule has 0 bridgehead atoms. The first-order valence-corrected chi connectivity index (χ1v) is 10.3. The molecule has 0 unspecified atom stereocenters. The van der Waals surface area contributed by atoms with Crippen molar-refractivity contribution in [2.24, 2.45) is 5.16 Å². The number of hydrogen-bond acceptors (Lipinski definition) is 12. The summed E-state index contributed by atoms with van der Waals surface area (Å²) in [5, 5.41) is 9.56. The van der Waals surface area contributed by atoms with Gasteiger partial charge in [0.2, 0.25) is 11.8 Å². The number of thioether (sulfide) groups is 1. The largest absolute Gasteiger partial charge is 1.00 e. The van der Waals surface area contributed by atoms with E-state index in [-0.39, 0.29) is 36.2 Å². The van der Waals surface area contributed by atoms with Gasteiger partial charge in [-0.2, -0.15) is 0 Å². The second-order valence-corrected chi connectivity index (χ2v) is 8.02. The van der Waals surface area contributed by atoms with E-state index >= 15 is 0 Å². The van der Waals surface area contributed by atoms with Crippen LogP contribution >= 0.6 is 23.1 Å². The summed E-state index contributed by atoms with van der Waals surface area (Å²) in [7, 11) is -4.90. The number of rotatable bonds is 9. The summed E-state index contributed by atoms with van der Waals surface area (Å²) in [6.07, 6.45) is 0.819. The van der Waals surface area contributed by atoms with Crippen LogP contribution < -0.4 is 50.6 Å². The van der Waals surface area contributed by atoms with Gasteiger partial charge in [-0.3, -0.25) is 19.1 Å². The van der Waals surface area contributed by atoms with Crippen LogP contribution in [0.2, 0.25) is 0 Å². The van der Waals surface area contributed by atoms with E-state index in [1.54, 1.807) is 5.38 Å². The number of thiazole rings is 1. The molecule has 1 aromatic heterocycles.